The van der Waals surface area contributed by atoms with Crippen LogP contribution in [0.1, 0.15) is 43.4 Å². The number of carbonyl (C=O) groups is 1. The van der Waals surface area contributed by atoms with E-state index in [-0.39, 0.29) is 11.3 Å². The van der Waals surface area contributed by atoms with Crippen molar-refractivity contribution in [1.82, 2.24) is 9.80 Å². The van der Waals surface area contributed by atoms with Crippen molar-refractivity contribution in [3.8, 4) is 5.75 Å². The van der Waals surface area contributed by atoms with Gasteiger partial charge in [-0.3, -0.25) is 9.69 Å². The summed E-state index contributed by atoms with van der Waals surface area (Å²) in [6.45, 7) is 13.4. The summed E-state index contributed by atoms with van der Waals surface area (Å²) in [6, 6.07) is 16.8. The minimum Gasteiger partial charge on any atom is -0.493 e. The van der Waals surface area contributed by atoms with Gasteiger partial charge in [-0.15, -0.1) is 0 Å². The van der Waals surface area contributed by atoms with Gasteiger partial charge in [0.2, 0.25) is 5.91 Å². The third kappa shape index (κ3) is 6.09. The number of amides is 1. The first-order chi connectivity index (χ1) is 14.3. The molecule has 30 heavy (non-hydrogen) atoms. The Morgan fingerprint density at radius 3 is 2.40 bits per heavy atom. The number of benzene rings is 2. The third-order valence-electron chi connectivity index (χ3n) is 6.03. The summed E-state index contributed by atoms with van der Waals surface area (Å²) in [5, 5.41) is 0. The summed E-state index contributed by atoms with van der Waals surface area (Å²) in [6.07, 6.45) is 1.71. The highest BCUT2D eigenvalue weighted by Crippen LogP contribution is 2.27. The molecule has 0 saturated carbocycles. The highest BCUT2D eigenvalue weighted by Gasteiger charge is 2.33. The second-order valence-corrected chi connectivity index (χ2v) is 9.16. The number of hydrogen-bond acceptors (Lipinski definition) is 3. The first-order valence-corrected chi connectivity index (χ1v) is 11.1. The fourth-order valence-electron chi connectivity index (χ4n) is 4.04. The first kappa shape index (κ1) is 22.4. The largest absolute Gasteiger partial charge is 0.493 e. The molecule has 162 valence electrons. The van der Waals surface area contributed by atoms with E-state index in [9.17, 15) is 4.79 Å². The molecule has 1 heterocycles. The maximum Gasteiger partial charge on any atom is 0.228 e. The van der Waals surface area contributed by atoms with Crippen LogP contribution in [0, 0.1) is 19.3 Å². The Morgan fingerprint density at radius 1 is 1.00 bits per heavy atom. The van der Waals surface area contributed by atoms with E-state index in [0.717, 1.165) is 56.9 Å². The summed E-state index contributed by atoms with van der Waals surface area (Å²) in [5.41, 5.74) is 3.34. The normalized spacial score (nSPS) is 15.3. The Balaban J connectivity index is 1.42. The second-order valence-electron chi connectivity index (χ2n) is 9.16. The minimum absolute atomic E-state index is 0.272. The fourth-order valence-corrected chi connectivity index (χ4v) is 4.04. The van der Waals surface area contributed by atoms with Gasteiger partial charge >= 0.3 is 0 Å². The Hall–Kier alpha value is -2.33. The van der Waals surface area contributed by atoms with Crippen LogP contribution >= 0.6 is 0 Å². The van der Waals surface area contributed by atoms with Crippen LogP contribution in [0.3, 0.4) is 0 Å². The molecule has 2 aromatic rings. The quantitative estimate of drug-likeness (QED) is 0.586. The van der Waals surface area contributed by atoms with Gasteiger partial charge in [0.25, 0.3) is 0 Å². The second kappa shape index (κ2) is 10.1. The van der Waals surface area contributed by atoms with E-state index in [0.29, 0.717) is 6.61 Å². The van der Waals surface area contributed by atoms with Gasteiger partial charge < -0.3 is 9.64 Å². The van der Waals surface area contributed by atoms with Gasteiger partial charge in [0.15, 0.2) is 0 Å². The summed E-state index contributed by atoms with van der Waals surface area (Å²) in [4.78, 5) is 17.6. The Bertz CT molecular complexity index is 824. The number of nitrogens with zero attached hydrogens (tertiary/aromatic N) is 2. The molecule has 1 fully saturated rings. The average molecular weight is 409 g/mol. The van der Waals surface area contributed by atoms with Gasteiger partial charge in [-0.05, 0) is 49.4 Å². The minimum atomic E-state index is -0.355. The lowest BCUT2D eigenvalue weighted by Crippen LogP contribution is -2.51. The van der Waals surface area contributed by atoms with Crippen LogP contribution in [0.2, 0.25) is 0 Å². The summed E-state index contributed by atoms with van der Waals surface area (Å²) in [5.74, 6) is 1.22. The van der Waals surface area contributed by atoms with E-state index < -0.39 is 0 Å². The summed E-state index contributed by atoms with van der Waals surface area (Å²) in [7, 11) is 0. The molecule has 0 unspecified atom stereocenters. The molecule has 0 atom stereocenters. The van der Waals surface area contributed by atoms with Crippen LogP contribution in [0.4, 0.5) is 0 Å². The smallest absolute Gasteiger partial charge is 0.228 e. The Kier molecular flexibility index (Phi) is 7.54. The summed E-state index contributed by atoms with van der Waals surface area (Å²) < 4.78 is 5.98. The van der Waals surface area contributed by atoms with Crippen molar-refractivity contribution in [3.05, 3.63) is 65.2 Å². The van der Waals surface area contributed by atoms with E-state index in [1.807, 2.05) is 4.90 Å². The molecule has 0 aromatic heterocycles. The molecule has 0 radical (unpaired) electrons. The van der Waals surface area contributed by atoms with Crippen molar-refractivity contribution in [2.24, 2.45) is 5.41 Å². The number of ether oxygens (including phenoxy) is 1. The van der Waals surface area contributed by atoms with Crippen molar-refractivity contribution in [3.63, 3.8) is 0 Å². The standard InChI is InChI=1S/C26H36N2O2/c1-21-11-12-22(2)24(19-21)30-18-8-13-26(3,4)25(29)28-16-14-27(15-17-28)20-23-9-6-5-7-10-23/h5-7,9-12,19H,8,13-18,20H2,1-4H3. The van der Waals surface area contributed by atoms with Gasteiger partial charge in [0, 0.05) is 38.1 Å². The predicted molar refractivity (Wildman–Crippen MR) is 123 cm³/mol. The van der Waals surface area contributed by atoms with Crippen molar-refractivity contribution in [2.75, 3.05) is 32.8 Å². The topological polar surface area (TPSA) is 32.8 Å². The number of aryl methyl sites for hydroxylation is 2. The molecule has 1 saturated heterocycles. The molecule has 0 N–H and O–H groups in total. The number of rotatable bonds is 8. The van der Waals surface area contributed by atoms with Gasteiger partial charge in [0.1, 0.15) is 5.75 Å². The molecule has 4 nitrogen and oxygen atoms in total. The average Bonchev–Trinajstić information content (AvgIpc) is 2.74. The highest BCUT2D eigenvalue weighted by atomic mass is 16.5. The lowest BCUT2D eigenvalue weighted by molar-refractivity contribution is -0.142. The predicted octanol–water partition coefficient (Wildman–Crippen LogP) is 4.83. The van der Waals surface area contributed by atoms with Crippen LogP contribution < -0.4 is 4.74 Å². The van der Waals surface area contributed by atoms with Crippen LogP contribution in [-0.4, -0.2) is 48.5 Å². The monoisotopic (exact) mass is 408 g/mol. The SMILES string of the molecule is Cc1ccc(C)c(OCCCC(C)(C)C(=O)N2CCN(Cc3ccccc3)CC2)c1. The van der Waals surface area contributed by atoms with Crippen molar-refractivity contribution < 1.29 is 9.53 Å². The molecule has 0 aliphatic carbocycles. The van der Waals surface area contributed by atoms with Gasteiger partial charge in [-0.25, -0.2) is 0 Å². The molecule has 3 rings (SSSR count). The molecular weight excluding hydrogens is 372 g/mol. The molecule has 1 aliphatic rings. The zero-order valence-corrected chi connectivity index (χ0v) is 19.0. The van der Waals surface area contributed by atoms with E-state index in [4.69, 9.17) is 4.74 Å². The number of hydrogen-bond donors (Lipinski definition) is 0. The number of piperazine rings is 1. The maximum absolute atomic E-state index is 13.1. The van der Waals surface area contributed by atoms with Crippen molar-refractivity contribution in [2.45, 2.75) is 47.1 Å². The van der Waals surface area contributed by atoms with E-state index >= 15 is 0 Å². The Labute approximate surface area is 181 Å². The molecule has 4 heteroatoms. The zero-order chi connectivity index (χ0) is 21.6. The number of carbonyl (C=O) groups excluding carboxylic acids is 1. The maximum atomic E-state index is 13.1. The molecule has 0 bridgehead atoms. The van der Waals surface area contributed by atoms with E-state index in [2.05, 4.69) is 81.1 Å². The molecule has 1 amide bonds. The zero-order valence-electron chi connectivity index (χ0n) is 19.0. The highest BCUT2D eigenvalue weighted by molar-refractivity contribution is 5.82. The lowest BCUT2D eigenvalue weighted by Gasteiger charge is -2.38. The first-order valence-electron chi connectivity index (χ1n) is 11.1. The molecular formula is C26H36N2O2. The summed E-state index contributed by atoms with van der Waals surface area (Å²) >= 11 is 0. The Morgan fingerprint density at radius 2 is 1.70 bits per heavy atom. The van der Waals surface area contributed by atoms with Crippen LogP contribution in [0.15, 0.2) is 48.5 Å². The van der Waals surface area contributed by atoms with Gasteiger partial charge in [-0.1, -0.05) is 56.3 Å². The van der Waals surface area contributed by atoms with Crippen LogP contribution in [0.25, 0.3) is 0 Å². The van der Waals surface area contributed by atoms with Crippen molar-refractivity contribution >= 4 is 5.91 Å². The lowest BCUT2D eigenvalue weighted by atomic mass is 9.86. The molecule has 1 aliphatic heterocycles. The third-order valence-corrected chi connectivity index (χ3v) is 6.03. The van der Waals surface area contributed by atoms with Gasteiger partial charge in [-0.2, -0.15) is 0 Å². The van der Waals surface area contributed by atoms with E-state index in [1.165, 1.54) is 11.1 Å². The van der Waals surface area contributed by atoms with E-state index in [1.54, 1.807) is 0 Å². The van der Waals surface area contributed by atoms with Gasteiger partial charge in [0.05, 0.1) is 6.61 Å². The molecule has 0 spiro atoms. The van der Waals surface area contributed by atoms with Crippen LogP contribution in [-0.2, 0) is 11.3 Å². The fraction of sp³-hybridized carbons (Fsp3) is 0.500. The van der Waals surface area contributed by atoms with Crippen LogP contribution in [0.5, 0.6) is 5.75 Å². The molecule has 2 aromatic carbocycles. The van der Waals surface area contributed by atoms with Crippen molar-refractivity contribution in [1.29, 1.82) is 0 Å².